The summed E-state index contributed by atoms with van der Waals surface area (Å²) in [4.78, 5) is 0.390. The minimum atomic E-state index is -3.46. The van der Waals surface area contributed by atoms with E-state index in [2.05, 4.69) is 10.2 Å². The predicted molar refractivity (Wildman–Crippen MR) is 90.4 cm³/mol. The second-order valence-corrected chi connectivity index (χ2v) is 7.96. The van der Waals surface area contributed by atoms with Crippen LogP contribution >= 0.6 is 0 Å². The first-order valence-corrected chi connectivity index (χ1v) is 9.42. The van der Waals surface area contributed by atoms with Gasteiger partial charge in [0.05, 0.1) is 4.90 Å². The van der Waals surface area contributed by atoms with Gasteiger partial charge in [-0.25, -0.2) is 8.42 Å². The summed E-state index contributed by atoms with van der Waals surface area (Å²) >= 11 is 0. The van der Waals surface area contributed by atoms with Crippen LogP contribution in [0.4, 0.5) is 0 Å². The molecule has 128 valence electrons. The van der Waals surface area contributed by atoms with Crippen LogP contribution in [0.3, 0.4) is 0 Å². The van der Waals surface area contributed by atoms with E-state index in [-0.39, 0.29) is 6.10 Å². The molecule has 7 heteroatoms. The molecule has 0 radical (unpaired) electrons. The highest BCUT2D eigenvalue weighted by atomic mass is 32.2. The van der Waals surface area contributed by atoms with Gasteiger partial charge >= 0.3 is 0 Å². The zero-order valence-electron chi connectivity index (χ0n) is 13.8. The number of sulfonamides is 1. The normalized spacial score (nSPS) is 16.9. The second-order valence-electron chi connectivity index (χ2n) is 6.05. The minimum Gasteiger partial charge on any atom is -0.473 e. The van der Waals surface area contributed by atoms with Crippen molar-refractivity contribution < 1.29 is 13.2 Å². The van der Waals surface area contributed by atoms with Crippen LogP contribution in [0.15, 0.2) is 41.4 Å². The van der Waals surface area contributed by atoms with E-state index in [9.17, 15) is 8.42 Å². The van der Waals surface area contributed by atoms with Gasteiger partial charge in [-0.15, -0.1) is 5.10 Å². The Morgan fingerprint density at radius 3 is 2.54 bits per heavy atom. The SMILES string of the molecule is Cc1ccc(S(=O)(=O)N2CCC(Oc3cccnn3)CC2)c(C)c1. The van der Waals surface area contributed by atoms with Gasteiger partial charge in [-0.05, 0) is 44.4 Å². The Morgan fingerprint density at radius 2 is 1.92 bits per heavy atom. The van der Waals surface area contributed by atoms with E-state index in [1.165, 1.54) is 0 Å². The third kappa shape index (κ3) is 3.57. The molecule has 1 aliphatic rings. The lowest BCUT2D eigenvalue weighted by Crippen LogP contribution is -2.42. The summed E-state index contributed by atoms with van der Waals surface area (Å²) in [6.07, 6.45) is 2.83. The van der Waals surface area contributed by atoms with Crippen molar-refractivity contribution in [3.63, 3.8) is 0 Å². The van der Waals surface area contributed by atoms with Crippen molar-refractivity contribution in [3.8, 4) is 5.88 Å². The molecule has 0 unspecified atom stereocenters. The lowest BCUT2D eigenvalue weighted by atomic mass is 10.1. The lowest BCUT2D eigenvalue weighted by Gasteiger charge is -2.31. The Balaban J connectivity index is 1.67. The molecule has 0 spiro atoms. The average molecular weight is 347 g/mol. The van der Waals surface area contributed by atoms with E-state index < -0.39 is 10.0 Å². The standard InChI is InChI=1S/C17H21N3O3S/c1-13-5-6-16(14(2)12-13)24(21,22)20-10-7-15(8-11-20)23-17-4-3-9-18-19-17/h3-6,9,12,15H,7-8,10-11H2,1-2H3. The first-order chi connectivity index (χ1) is 11.5. The highest BCUT2D eigenvalue weighted by molar-refractivity contribution is 7.89. The van der Waals surface area contributed by atoms with Crippen molar-refractivity contribution in [2.45, 2.75) is 37.7 Å². The number of hydrogen-bond donors (Lipinski definition) is 0. The van der Waals surface area contributed by atoms with E-state index in [0.717, 1.165) is 11.1 Å². The van der Waals surface area contributed by atoms with Gasteiger partial charge in [-0.3, -0.25) is 0 Å². The molecule has 1 saturated heterocycles. The van der Waals surface area contributed by atoms with Crippen LogP contribution in [0.5, 0.6) is 5.88 Å². The van der Waals surface area contributed by atoms with Crippen LogP contribution in [0, 0.1) is 13.8 Å². The number of hydrogen-bond acceptors (Lipinski definition) is 5. The zero-order chi connectivity index (χ0) is 17.2. The minimum absolute atomic E-state index is 0.0349. The number of benzene rings is 1. The van der Waals surface area contributed by atoms with Crippen molar-refractivity contribution in [1.29, 1.82) is 0 Å². The fraction of sp³-hybridized carbons (Fsp3) is 0.412. The van der Waals surface area contributed by atoms with Crippen molar-refractivity contribution in [1.82, 2.24) is 14.5 Å². The van der Waals surface area contributed by atoms with Gasteiger partial charge in [0.15, 0.2) is 0 Å². The van der Waals surface area contributed by atoms with E-state index in [4.69, 9.17) is 4.74 Å². The van der Waals surface area contributed by atoms with Crippen LogP contribution in [0.1, 0.15) is 24.0 Å². The molecule has 2 aromatic rings. The molecule has 1 aromatic carbocycles. The number of ether oxygens (including phenoxy) is 1. The Labute approximate surface area is 142 Å². The number of aromatic nitrogens is 2. The highest BCUT2D eigenvalue weighted by Crippen LogP contribution is 2.25. The summed E-state index contributed by atoms with van der Waals surface area (Å²) in [6.45, 7) is 4.68. The Bertz CT molecular complexity index is 801. The molecule has 0 bridgehead atoms. The van der Waals surface area contributed by atoms with Crippen molar-refractivity contribution in [3.05, 3.63) is 47.7 Å². The smallest absolute Gasteiger partial charge is 0.243 e. The van der Waals surface area contributed by atoms with Crippen molar-refractivity contribution in [2.75, 3.05) is 13.1 Å². The summed E-state index contributed by atoms with van der Waals surface area (Å²) in [6, 6.07) is 8.96. The Morgan fingerprint density at radius 1 is 1.17 bits per heavy atom. The van der Waals surface area contributed by atoms with E-state index >= 15 is 0 Å². The van der Waals surface area contributed by atoms with Crippen LogP contribution in [-0.4, -0.2) is 42.1 Å². The molecule has 2 heterocycles. The van der Waals surface area contributed by atoms with E-state index in [0.29, 0.717) is 36.7 Å². The van der Waals surface area contributed by atoms with Crippen LogP contribution in [-0.2, 0) is 10.0 Å². The maximum atomic E-state index is 12.8. The van der Waals surface area contributed by atoms with Gasteiger partial charge < -0.3 is 4.74 Å². The van der Waals surface area contributed by atoms with Crippen molar-refractivity contribution >= 4 is 10.0 Å². The molecule has 6 nitrogen and oxygen atoms in total. The maximum Gasteiger partial charge on any atom is 0.243 e. The van der Waals surface area contributed by atoms with E-state index in [1.54, 1.807) is 28.7 Å². The number of rotatable bonds is 4. The molecule has 0 amide bonds. The van der Waals surface area contributed by atoms with Gasteiger partial charge in [0, 0.05) is 25.4 Å². The molecule has 1 aliphatic heterocycles. The van der Waals surface area contributed by atoms with Gasteiger partial charge in [0.1, 0.15) is 6.10 Å². The fourth-order valence-electron chi connectivity index (χ4n) is 2.94. The monoisotopic (exact) mass is 347 g/mol. The van der Waals surface area contributed by atoms with Crippen LogP contribution < -0.4 is 4.74 Å². The average Bonchev–Trinajstić information content (AvgIpc) is 2.56. The summed E-state index contributed by atoms with van der Waals surface area (Å²) in [5.74, 6) is 0.480. The zero-order valence-corrected chi connectivity index (χ0v) is 14.7. The predicted octanol–water partition coefficient (Wildman–Crippen LogP) is 2.33. The quantitative estimate of drug-likeness (QED) is 0.849. The molecule has 0 N–H and O–H groups in total. The molecule has 1 fully saturated rings. The largest absolute Gasteiger partial charge is 0.473 e. The van der Waals surface area contributed by atoms with Gasteiger partial charge in [0.25, 0.3) is 0 Å². The van der Waals surface area contributed by atoms with Crippen molar-refractivity contribution in [2.24, 2.45) is 0 Å². The van der Waals surface area contributed by atoms with Gasteiger partial charge in [-0.1, -0.05) is 17.7 Å². The van der Waals surface area contributed by atoms with Crippen LogP contribution in [0.25, 0.3) is 0 Å². The lowest BCUT2D eigenvalue weighted by molar-refractivity contribution is 0.128. The Hall–Kier alpha value is -1.99. The molecule has 0 aliphatic carbocycles. The number of nitrogens with zero attached hydrogens (tertiary/aromatic N) is 3. The first kappa shape index (κ1) is 16.9. The number of aryl methyl sites for hydroxylation is 2. The molecule has 0 saturated carbocycles. The molecule has 0 atom stereocenters. The third-order valence-electron chi connectivity index (χ3n) is 4.18. The molecule has 24 heavy (non-hydrogen) atoms. The first-order valence-electron chi connectivity index (χ1n) is 7.98. The molecule has 3 rings (SSSR count). The van der Waals surface area contributed by atoms with Crippen LogP contribution in [0.2, 0.25) is 0 Å². The highest BCUT2D eigenvalue weighted by Gasteiger charge is 2.31. The summed E-state index contributed by atoms with van der Waals surface area (Å²) in [5.41, 5.74) is 1.84. The fourth-order valence-corrected chi connectivity index (χ4v) is 4.61. The van der Waals surface area contributed by atoms with Gasteiger partial charge in [0.2, 0.25) is 15.9 Å². The number of piperidine rings is 1. The molecular formula is C17H21N3O3S. The Kier molecular flexibility index (Phi) is 4.82. The molecule has 1 aromatic heterocycles. The topological polar surface area (TPSA) is 72.4 Å². The molecular weight excluding hydrogens is 326 g/mol. The maximum absolute atomic E-state index is 12.8. The van der Waals surface area contributed by atoms with Gasteiger partial charge in [-0.2, -0.15) is 9.40 Å². The third-order valence-corrected chi connectivity index (χ3v) is 6.24. The summed E-state index contributed by atoms with van der Waals surface area (Å²) in [7, 11) is -3.46. The summed E-state index contributed by atoms with van der Waals surface area (Å²) < 4.78 is 33.0. The second kappa shape index (κ2) is 6.86. The summed E-state index contributed by atoms with van der Waals surface area (Å²) in [5, 5.41) is 7.68. The van der Waals surface area contributed by atoms with E-state index in [1.807, 2.05) is 26.0 Å².